The Labute approximate surface area is 124 Å². The first kappa shape index (κ1) is 15.5. The molecule has 112 valence electrons. The molecule has 0 bridgehead atoms. The Morgan fingerprint density at radius 1 is 1.40 bits per heavy atom. The average molecular weight is 316 g/mol. The first-order valence-corrected chi connectivity index (χ1v) is 9.22. The van der Waals surface area contributed by atoms with Crippen LogP contribution in [0.3, 0.4) is 0 Å². The fourth-order valence-corrected chi connectivity index (χ4v) is 4.73. The molecule has 0 radical (unpaired) electrons. The fraction of sp³-hybridized carbons (Fsp3) is 0.538. The van der Waals surface area contributed by atoms with Crippen LogP contribution in [0.2, 0.25) is 0 Å². The molecule has 1 aliphatic carbocycles. The number of rotatable bonds is 5. The van der Waals surface area contributed by atoms with Crippen LogP contribution >= 0.6 is 11.8 Å². The smallest absolute Gasteiger partial charge is 0.244 e. The number of hydrogen-bond acceptors (Lipinski definition) is 5. The summed E-state index contributed by atoms with van der Waals surface area (Å²) in [6.45, 7) is 0. The zero-order chi connectivity index (χ0) is 14.8. The highest BCUT2D eigenvalue weighted by atomic mass is 32.2. The Morgan fingerprint density at radius 2 is 2.15 bits per heavy atom. The van der Waals surface area contributed by atoms with Crippen molar-refractivity contribution in [3.63, 3.8) is 0 Å². The third kappa shape index (κ3) is 3.39. The third-order valence-electron chi connectivity index (χ3n) is 3.52. The molecule has 0 amide bonds. The molecule has 1 saturated carbocycles. The molecular weight excluding hydrogens is 296 g/mol. The van der Waals surface area contributed by atoms with Gasteiger partial charge >= 0.3 is 0 Å². The van der Waals surface area contributed by atoms with Gasteiger partial charge in [-0.2, -0.15) is 11.8 Å². The maximum atomic E-state index is 12.5. The van der Waals surface area contributed by atoms with E-state index in [9.17, 15) is 8.42 Å². The van der Waals surface area contributed by atoms with Gasteiger partial charge in [-0.05, 0) is 43.7 Å². The summed E-state index contributed by atoms with van der Waals surface area (Å²) in [5.74, 6) is 0.311. The Morgan fingerprint density at radius 3 is 2.75 bits per heavy atom. The van der Waals surface area contributed by atoms with Crippen molar-refractivity contribution in [1.29, 1.82) is 0 Å². The van der Waals surface area contributed by atoms with Gasteiger partial charge in [-0.25, -0.2) is 13.1 Å². The van der Waals surface area contributed by atoms with Crippen LogP contribution in [-0.2, 0) is 10.0 Å². The van der Waals surface area contributed by atoms with Crippen LogP contribution in [0.5, 0.6) is 5.75 Å². The molecule has 5 nitrogen and oxygen atoms in total. The van der Waals surface area contributed by atoms with Crippen LogP contribution in [0.1, 0.15) is 19.3 Å². The molecule has 0 heterocycles. The normalized spacial score (nSPS) is 22.9. The van der Waals surface area contributed by atoms with Crippen molar-refractivity contribution < 1.29 is 13.2 Å². The number of sulfonamides is 1. The van der Waals surface area contributed by atoms with Crippen LogP contribution in [0.15, 0.2) is 23.1 Å². The molecule has 7 heteroatoms. The molecule has 0 aliphatic heterocycles. The molecule has 2 atom stereocenters. The number of nitrogens with one attached hydrogen (secondary N) is 1. The third-order valence-corrected chi connectivity index (χ3v) is 6.15. The summed E-state index contributed by atoms with van der Waals surface area (Å²) in [4.78, 5) is 0.104. The maximum absolute atomic E-state index is 12.5. The standard InChI is InChI=1S/C13H20N2O3S2/c1-18-12-6-3-9(14)7-13(12)20(16,17)15-10-4-5-11(8-10)19-2/h3,6-7,10-11,15H,4-5,8,14H2,1-2H3. The van der Waals surface area contributed by atoms with Gasteiger partial charge in [0.1, 0.15) is 10.6 Å². The number of nitrogens with two attached hydrogens (primary N) is 1. The number of nitrogen functional groups attached to an aromatic ring is 1. The van der Waals surface area contributed by atoms with Gasteiger partial charge in [-0.1, -0.05) is 0 Å². The lowest BCUT2D eigenvalue weighted by molar-refractivity contribution is 0.402. The zero-order valence-electron chi connectivity index (χ0n) is 11.6. The zero-order valence-corrected chi connectivity index (χ0v) is 13.3. The van der Waals surface area contributed by atoms with E-state index >= 15 is 0 Å². The van der Waals surface area contributed by atoms with Crippen molar-refractivity contribution in [2.75, 3.05) is 19.1 Å². The second-order valence-electron chi connectivity index (χ2n) is 4.90. The van der Waals surface area contributed by atoms with Crippen molar-refractivity contribution >= 4 is 27.5 Å². The van der Waals surface area contributed by atoms with E-state index in [1.807, 2.05) is 0 Å². The number of thioether (sulfide) groups is 1. The van der Waals surface area contributed by atoms with Crippen molar-refractivity contribution in [3.8, 4) is 5.75 Å². The monoisotopic (exact) mass is 316 g/mol. The quantitative estimate of drug-likeness (QED) is 0.810. The van der Waals surface area contributed by atoms with Gasteiger partial charge < -0.3 is 10.5 Å². The van der Waals surface area contributed by atoms with E-state index in [0.29, 0.717) is 16.7 Å². The van der Waals surface area contributed by atoms with Gasteiger partial charge in [-0.3, -0.25) is 0 Å². The van der Waals surface area contributed by atoms with E-state index in [2.05, 4.69) is 11.0 Å². The second kappa shape index (κ2) is 6.24. The summed E-state index contributed by atoms with van der Waals surface area (Å²) in [6.07, 6.45) is 4.84. The summed E-state index contributed by atoms with van der Waals surface area (Å²) in [7, 11) is -2.16. The lowest BCUT2D eigenvalue weighted by atomic mass is 10.3. The Hall–Kier alpha value is -0.920. The van der Waals surface area contributed by atoms with Gasteiger partial charge in [0.25, 0.3) is 0 Å². The van der Waals surface area contributed by atoms with Gasteiger partial charge in [0, 0.05) is 17.0 Å². The first-order valence-electron chi connectivity index (χ1n) is 6.45. The van der Waals surface area contributed by atoms with Crippen molar-refractivity contribution in [1.82, 2.24) is 4.72 Å². The van der Waals surface area contributed by atoms with Crippen LogP contribution in [0, 0.1) is 0 Å². The van der Waals surface area contributed by atoms with Gasteiger partial charge in [0.15, 0.2) is 0 Å². The van der Waals surface area contributed by atoms with E-state index in [1.165, 1.54) is 13.2 Å². The maximum Gasteiger partial charge on any atom is 0.244 e. The van der Waals surface area contributed by atoms with Crippen molar-refractivity contribution in [2.45, 2.75) is 35.4 Å². The highest BCUT2D eigenvalue weighted by molar-refractivity contribution is 7.99. The van der Waals surface area contributed by atoms with E-state index in [-0.39, 0.29) is 10.9 Å². The molecule has 2 rings (SSSR count). The largest absolute Gasteiger partial charge is 0.495 e. The highest BCUT2D eigenvalue weighted by Gasteiger charge is 2.29. The Bertz CT molecular complexity index is 575. The van der Waals surface area contributed by atoms with Crippen molar-refractivity contribution in [2.24, 2.45) is 0 Å². The van der Waals surface area contributed by atoms with E-state index in [4.69, 9.17) is 10.5 Å². The minimum atomic E-state index is -3.60. The summed E-state index contributed by atoms with van der Waals surface area (Å²) in [6, 6.07) is 4.62. The minimum absolute atomic E-state index is 0.0106. The van der Waals surface area contributed by atoms with Crippen LogP contribution < -0.4 is 15.2 Å². The summed E-state index contributed by atoms with van der Waals surface area (Å²) < 4.78 is 32.8. The molecule has 2 unspecified atom stereocenters. The summed E-state index contributed by atoms with van der Waals surface area (Å²) >= 11 is 1.79. The Balaban J connectivity index is 2.20. The second-order valence-corrected chi connectivity index (χ2v) is 7.72. The number of methoxy groups -OCH3 is 1. The van der Waals surface area contributed by atoms with Crippen LogP contribution in [0.4, 0.5) is 5.69 Å². The molecular formula is C13H20N2O3S2. The predicted octanol–water partition coefficient (Wildman–Crippen LogP) is 1.84. The Kier molecular flexibility index (Phi) is 4.82. The first-order chi connectivity index (χ1) is 9.46. The predicted molar refractivity (Wildman–Crippen MR) is 82.7 cm³/mol. The number of anilines is 1. The average Bonchev–Trinajstić information content (AvgIpc) is 2.85. The number of hydrogen-bond donors (Lipinski definition) is 2. The molecule has 0 saturated heterocycles. The molecule has 1 aromatic carbocycles. The lowest BCUT2D eigenvalue weighted by Gasteiger charge is -2.15. The van der Waals surface area contributed by atoms with E-state index < -0.39 is 10.0 Å². The molecule has 1 aliphatic rings. The molecule has 0 spiro atoms. The molecule has 20 heavy (non-hydrogen) atoms. The number of ether oxygens (including phenoxy) is 1. The van der Waals surface area contributed by atoms with Gasteiger partial charge in [-0.15, -0.1) is 0 Å². The van der Waals surface area contributed by atoms with Gasteiger partial charge in [0.05, 0.1) is 7.11 Å². The SMILES string of the molecule is COc1ccc(N)cc1S(=O)(=O)NC1CCC(SC)C1. The van der Waals surface area contributed by atoms with E-state index in [1.54, 1.807) is 23.9 Å². The molecule has 3 N–H and O–H groups in total. The lowest BCUT2D eigenvalue weighted by Crippen LogP contribution is -2.33. The van der Waals surface area contributed by atoms with E-state index in [0.717, 1.165) is 19.3 Å². The highest BCUT2D eigenvalue weighted by Crippen LogP contribution is 2.31. The number of benzene rings is 1. The summed E-state index contributed by atoms with van der Waals surface area (Å²) in [5, 5.41) is 0.533. The minimum Gasteiger partial charge on any atom is -0.495 e. The molecule has 1 fully saturated rings. The van der Waals surface area contributed by atoms with Crippen LogP contribution in [0.25, 0.3) is 0 Å². The fourth-order valence-electron chi connectivity index (χ4n) is 2.45. The molecule has 1 aromatic rings. The molecule has 0 aromatic heterocycles. The van der Waals surface area contributed by atoms with Gasteiger partial charge in [0.2, 0.25) is 10.0 Å². The topological polar surface area (TPSA) is 81.4 Å². The van der Waals surface area contributed by atoms with Crippen LogP contribution in [-0.4, -0.2) is 33.1 Å². The van der Waals surface area contributed by atoms with Crippen molar-refractivity contribution in [3.05, 3.63) is 18.2 Å². The summed E-state index contributed by atoms with van der Waals surface area (Å²) in [5.41, 5.74) is 6.08.